The van der Waals surface area contributed by atoms with Crippen molar-refractivity contribution < 1.29 is 48.5 Å². The number of hydrogen-bond donors (Lipinski definition) is 4. The van der Waals surface area contributed by atoms with Crippen LogP contribution in [0.1, 0.15) is 128 Å². The number of likely N-dealkylation sites (tertiary alicyclic amines) is 1. The molecule has 0 aliphatic carbocycles. The van der Waals surface area contributed by atoms with Crippen LogP contribution in [0, 0.1) is 64.2 Å². The molecule has 6 atom stereocenters. The molecule has 62 heavy (non-hydrogen) atoms. The average Bonchev–Trinajstić information content (AvgIpc) is 3.56. The van der Waals surface area contributed by atoms with Gasteiger partial charge >= 0.3 is 23.9 Å². The largest absolute Gasteiger partial charge is 0.481 e. The van der Waals surface area contributed by atoms with Gasteiger partial charge in [0.25, 0.3) is 0 Å². The van der Waals surface area contributed by atoms with Gasteiger partial charge in [-0.1, -0.05) is 82.1 Å². The number of esters is 3. The van der Waals surface area contributed by atoms with E-state index in [-0.39, 0.29) is 42.8 Å². The average molecular weight is 886 g/mol. The van der Waals surface area contributed by atoms with Crippen molar-refractivity contribution in [1.82, 2.24) is 14.7 Å². The second kappa shape index (κ2) is 31.4. The summed E-state index contributed by atoms with van der Waals surface area (Å²) in [7, 11) is 7.92. The molecule has 0 aromatic heterocycles. The molecule has 0 spiro atoms. The predicted octanol–water partition coefficient (Wildman–Crippen LogP) is 6.58. The Kier molecular flexibility index (Phi) is 31.8. The highest BCUT2D eigenvalue weighted by Crippen LogP contribution is 2.49. The summed E-state index contributed by atoms with van der Waals surface area (Å²) >= 11 is 0. The number of carboxylic acid groups (broad SMARTS) is 1. The number of aliphatic hydroxyl groups excluding tert-OH is 1. The minimum Gasteiger partial charge on any atom is -0.481 e. The Morgan fingerprint density at radius 1 is 0.871 bits per heavy atom. The Bertz CT molecular complexity index is 1350. The lowest BCUT2D eigenvalue weighted by atomic mass is 9.63. The van der Waals surface area contributed by atoms with Crippen LogP contribution in [0.2, 0.25) is 0 Å². The molecule has 2 saturated heterocycles. The van der Waals surface area contributed by atoms with Gasteiger partial charge in [0.1, 0.15) is 5.92 Å². The van der Waals surface area contributed by atoms with Crippen LogP contribution in [-0.4, -0.2) is 135 Å². The van der Waals surface area contributed by atoms with Crippen molar-refractivity contribution in [3.05, 3.63) is 6.92 Å². The van der Waals surface area contributed by atoms with Gasteiger partial charge in [-0.15, -0.1) is 0 Å². The van der Waals surface area contributed by atoms with Gasteiger partial charge in [-0.05, 0) is 110 Å². The summed E-state index contributed by atoms with van der Waals surface area (Å²) in [5.74, 6) is -6.98. The first kappa shape index (κ1) is 62.8. The maximum Gasteiger partial charge on any atom is 0.362 e. The summed E-state index contributed by atoms with van der Waals surface area (Å²) in [6, 6.07) is 0. The molecule has 5 N–H and O–H groups in total. The number of imide groups is 1. The van der Waals surface area contributed by atoms with Crippen molar-refractivity contribution >= 4 is 35.7 Å². The highest BCUT2D eigenvalue weighted by atomic mass is 16.6. The molecular formula is C46H89N6O10+. The Balaban J connectivity index is -0.000000966. The van der Waals surface area contributed by atoms with Crippen molar-refractivity contribution in [2.24, 2.45) is 62.6 Å². The van der Waals surface area contributed by atoms with Gasteiger partial charge in [-0.25, -0.2) is 10.3 Å². The Morgan fingerprint density at radius 3 is 1.71 bits per heavy atom. The highest BCUT2D eigenvalue weighted by molar-refractivity contribution is 6.05. The molecule has 16 heteroatoms. The van der Waals surface area contributed by atoms with Gasteiger partial charge in [0.2, 0.25) is 17.7 Å². The highest BCUT2D eigenvalue weighted by Gasteiger charge is 2.56. The fraction of sp³-hybridized carbons (Fsp3) is 0.848. The number of rotatable bonds is 21. The molecule has 2 aliphatic rings. The summed E-state index contributed by atoms with van der Waals surface area (Å²) in [5.41, 5.74) is 10.0. The Morgan fingerprint density at radius 2 is 1.35 bits per heavy atom. The fourth-order valence-electron chi connectivity index (χ4n) is 7.48. The number of ether oxygens (including phenoxy) is 2. The lowest BCUT2D eigenvalue weighted by molar-refractivity contribution is -0.162. The van der Waals surface area contributed by atoms with Crippen LogP contribution < -0.4 is 5.73 Å². The molecular weight excluding hydrogens is 797 g/mol. The Labute approximate surface area is 375 Å². The molecule has 16 nitrogen and oxygen atoms in total. The first-order chi connectivity index (χ1) is 28.6. The van der Waals surface area contributed by atoms with Crippen LogP contribution in [0.3, 0.4) is 0 Å². The molecule has 2 aliphatic heterocycles. The van der Waals surface area contributed by atoms with E-state index in [4.69, 9.17) is 21.1 Å². The first-order valence-corrected chi connectivity index (χ1v) is 22.4. The van der Waals surface area contributed by atoms with Crippen molar-refractivity contribution in [2.45, 2.75) is 128 Å². The van der Waals surface area contributed by atoms with Crippen molar-refractivity contribution in [2.75, 3.05) is 74.1 Å². The Hall–Kier alpha value is -3.47. The summed E-state index contributed by atoms with van der Waals surface area (Å²) < 4.78 is 9.61. The monoisotopic (exact) mass is 886 g/mol. The maximum atomic E-state index is 13.5. The van der Waals surface area contributed by atoms with Crippen LogP contribution in [0.15, 0.2) is 5.11 Å². The number of nitrogens with one attached hydrogen (secondary N) is 1. The van der Waals surface area contributed by atoms with Crippen LogP contribution in [-0.2, 0) is 38.2 Å². The van der Waals surface area contributed by atoms with E-state index in [0.29, 0.717) is 25.9 Å². The minimum atomic E-state index is -1.11. The summed E-state index contributed by atoms with van der Waals surface area (Å²) in [6.07, 6.45) is 5.80. The number of nitrogens with zero attached hydrogens (tertiary/aromatic N) is 4. The lowest BCUT2D eigenvalue weighted by Crippen LogP contribution is -2.43. The maximum absolute atomic E-state index is 13.5. The third kappa shape index (κ3) is 21.7. The number of hydrogen-bond acceptors (Lipinski definition) is 14. The fourth-order valence-corrected chi connectivity index (χ4v) is 7.48. The van der Waals surface area contributed by atoms with Crippen LogP contribution in [0.4, 0.5) is 0 Å². The van der Waals surface area contributed by atoms with E-state index >= 15 is 0 Å². The van der Waals surface area contributed by atoms with E-state index in [1.165, 1.54) is 17.7 Å². The number of cyclic esters (lactones) is 2. The van der Waals surface area contributed by atoms with Gasteiger partial charge in [0, 0.05) is 13.2 Å². The summed E-state index contributed by atoms with van der Waals surface area (Å²) in [6.45, 7) is 30.2. The van der Waals surface area contributed by atoms with Crippen molar-refractivity contribution in [3.8, 4) is 0 Å². The van der Waals surface area contributed by atoms with Crippen LogP contribution >= 0.6 is 0 Å². The quantitative estimate of drug-likeness (QED) is 0.0239. The minimum absolute atomic E-state index is 0.167. The number of carbonyl (C=O) groups is 6. The molecule has 2 heterocycles. The van der Waals surface area contributed by atoms with Crippen molar-refractivity contribution in [3.63, 3.8) is 0 Å². The second-order valence-electron chi connectivity index (χ2n) is 18.6. The van der Waals surface area contributed by atoms with Gasteiger partial charge in [-0.2, -0.15) is 5.11 Å². The van der Waals surface area contributed by atoms with E-state index in [1.807, 2.05) is 74.6 Å². The number of carboxylic acids is 1. The smallest absolute Gasteiger partial charge is 0.362 e. The normalized spacial score (nSPS) is 19.8. The van der Waals surface area contributed by atoms with Crippen LogP contribution in [0.5, 0.6) is 0 Å². The number of carbonyl (C=O) groups excluding carboxylic acids is 5. The third-order valence-electron chi connectivity index (χ3n) is 11.6. The van der Waals surface area contributed by atoms with Crippen molar-refractivity contribution in [1.29, 1.82) is 5.53 Å². The molecule has 0 saturated carbocycles. The van der Waals surface area contributed by atoms with E-state index in [2.05, 4.69) is 28.6 Å². The SMILES string of the molecule is CCCCN.CCO.CCOC(=O)C(C)C(C(=O)O)C(C)(C)CC1C(=O)N(CCCN(C)C)C(=O)C1C(C)(C)CC.CN(C)CCCN=N.[CH2+]C1C(=O)OC(=O)C1C(C)(C)CC. The molecule has 0 radical (unpaired) electrons. The standard InChI is InChI=1S/C25H44N2O6.C10H15O3.C5H13N3.C4H11N.C2H6O/c1-10-24(4,5)19-17(20(28)27(21(19)29)14-12-13-26(8)9)15-25(6,7)18(22(30)31)16(3)23(32)33-11-2;1-5-10(3,4)7-6(2)8(11)13-9(7)12;1-8(2)5-3-4-7-6;1-2-3-4-5;1-2-3/h16-19H,10-15H2,1-9H3,(H,30,31);6-7H,2,5H2,1,3-4H3;6H,3-5H2,1-2H3;2-5H2,1H3;3H,2H2,1H3/q;+1;;;. The number of aliphatic hydroxyl groups is 1. The zero-order valence-corrected chi connectivity index (χ0v) is 41.6. The number of aliphatic carboxylic acids is 1. The predicted molar refractivity (Wildman–Crippen MR) is 244 cm³/mol. The van der Waals surface area contributed by atoms with E-state index in [0.717, 1.165) is 32.5 Å². The number of nitrogens with two attached hydrogens (primary N) is 1. The van der Waals surface area contributed by atoms with E-state index < -0.39 is 64.3 Å². The summed E-state index contributed by atoms with van der Waals surface area (Å²) in [5, 5.41) is 20.8. The first-order valence-electron chi connectivity index (χ1n) is 22.4. The zero-order chi connectivity index (χ0) is 49.2. The number of amides is 2. The van der Waals surface area contributed by atoms with E-state index in [1.54, 1.807) is 34.6 Å². The summed E-state index contributed by atoms with van der Waals surface area (Å²) in [4.78, 5) is 79.4. The third-order valence-corrected chi connectivity index (χ3v) is 11.6. The van der Waals surface area contributed by atoms with Crippen LogP contribution in [0.25, 0.3) is 0 Å². The topological polar surface area (TPSA) is 233 Å². The van der Waals surface area contributed by atoms with Gasteiger partial charge in [-0.3, -0.25) is 28.9 Å². The van der Waals surface area contributed by atoms with E-state index in [9.17, 15) is 33.9 Å². The molecule has 0 aromatic rings. The second-order valence-corrected chi connectivity index (χ2v) is 18.6. The number of unbranched alkanes of at least 4 members (excludes halogenated alkanes) is 1. The molecule has 362 valence electrons. The lowest BCUT2D eigenvalue weighted by Gasteiger charge is -2.39. The molecule has 2 rings (SSSR count). The zero-order valence-electron chi connectivity index (χ0n) is 41.6. The molecule has 0 bridgehead atoms. The molecule has 0 aromatic carbocycles. The van der Waals surface area contributed by atoms with Gasteiger partial charge in [0.15, 0.2) is 0 Å². The van der Waals surface area contributed by atoms with Gasteiger partial charge in [0.05, 0.1) is 43.7 Å². The molecule has 6 unspecified atom stereocenters. The molecule has 2 fully saturated rings. The van der Waals surface area contributed by atoms with Gasteiger partial charge < -0.3 is 35.2 Å². The molecule has 2 amide bonds.